The third-order valence-corrected chi connectivity index (χ3v) is 5.26. The van der Waals surface area contributed by atoms with Crippen molar-refractivity contribution in [2.24, 2.45) is 0 Å². The SMILES string of the molecule is O=S([O-])CN1CCC(Nc2nc3c(OCC(F)F)c(-c4cn[nH]c4)ncn3n2)CC1. The van der Waals surface area contributed by atoms with Gasteiger partial charge in [-0.25, -0.2) is 13.8 Å². The highest BCUT2D eigenvalue weighted by molar-refractivity contribution is 7.79. The fourth-order valence-corrected chi connectivity index (χ4v) is 3.86. The zero-order valence-corrected chi connectivity index (χ0v) is 16.5. The second kappa shape index (κ2) is 8.97. The Balaban J connectivity index is 1.55. The molecule has 1 aliphatic heterocycles. The Labute approximate surface area is 172 Å². The van der Waals surface area contributed by atoms with Gasteiger partial charge in [0, 0.05) is 30.9 Å². The summed E-state index contributed by atoms with van der Waals surface area (Å²) in [6.45, 7) is 0.462. The normalized spacial score (nSPS) is 16.9. The highest BCUT2D eigenvalue weighted by Gasteiger charge is 2.22. The Kier molecular flexibility index (Phi) is 6.15. The van der Waals surface area contributed by atoms with Gasteiger partial charge in [0.1, 0.15) is 18.6 Å². The van der Waals surface area contributed by atoms with Gasteiger partial charge < -0.3 is 14.6 Å². The predicted molar refractivity (Wildman–Crippen MR) is 102 cm³/mol. The molecule has 1 fully saturated rings. The van der Waals surface area contributed by atoms with E-state index in [9.17, 15) is 17.5 Å². The van der Waals surface area contributed by atoms with Crippen LogP contribution < -0.4 is 10.1 Å². The van der Waals surface area contributed by atoms with Gasteiger partial charge >= 0.3 is 0 Å². The van der Waals surface area contributed by atoms with Gasteiger partial charge in [-0.05, 0) is 23.9 Å². The number of H-pyrrole nitrogens is 1. The number of hydrogen-bond donors (Lipinski definition) is 2. The largest absolute Gasteiger partial charge is 0.771 e. The molecule has 0 amide bonds. The first-order valence-corrected chi connectivity index (χ1v) is 10.4. The summed E-state index contributed by atoms with van der Waals surface area (Å²) < 4.78 is 53.9. The van der Waals surface area contributed by atoms with Crippen molar-refractivity contribution < 1.29 is 22.3 Å². The summed E-state index contributed by atoms with van der Waals surface area (Å²) >= 11 is -2.10. The van der Waals surface area contributed by atoms with Gasteiger partial charge in [-0.3, -0.25) is 14.2 Å². The van der Waals surface area contributed by atoms with Crippen molar-refractivity contribution in [1.82, 2.24) is 34.7 Å². The maximum absolute atomic E-state index is 12.8. The smallest absolute Gasteiger partial charge is 0.272 e. The average Bonchev–Trinajstić information content (AvgIpc) is 3.36. The van der Waals surface area contributed by atoms with Gasteiger partial charge in [0.2, 0.25) is 11.6 Å². The number of hydrogen-bond acceptors (Lipinski definition) is 9. The predicted octanol–water partition coefficient (Wildman–Crippen LogP) is 0.871. The molecule has 1 atom stereocenters. The van der Waals surface area contributed by atoms with Gasteiger partial charge in [0.15, 0.2) is 5.75 Å². The molecule has 0 spiro atoms. The van der Waals surface area contributed by atoms with Crippen molar-refractivity contribution >= 4 is 22.7 Å². The van der Waals surface area contributed by atoms with Crippen LogP contribution in [-0.4, -0.2) is 81.5 Å². The van der Waals surface area contributed by atoms with Crippen molar-refractivity contribution in [1.29, 1.82) is 0 Å². The third-order valence-electron chi connectivity index (χ3n) is 4.68. The molecule has 0 saturated carbocycles. The summed E-state index contributed by atoms with van der Waals surface area (Å²) in [5, 5.41) is 14.0. The van der Waals surface area contributed by atoms with E-state index in [1.54, 1.807) is 6.20 Å². The molecule has 14 heteroatoms. The van der Waals surface area contributed by atoms with Gasteiger partial charge in [-0.1, -0.05) is 0 Å². The second-order valence-electron chi connectivity index (χ2n) is 6.78. The number of aromatic nitrogens is 6. The van der Waals surface area contributed by atoms with Crippen molar-refractivity contribution in [3.8, 4) is 17.0 Å². The molecule has 4 rings (SSSR count). The summed E-state index contributed by atoms with van der Waals surface area (Å²) in [6, 6.07) is 0.0606. The van der Waals surface area contributed by atoms with Crippen molar-refractivity contribution in [2.75, 3.05) is 30.9 Å². The molecular formula is C16H19F2N8O3S-. The molecule has 0 aromatic carbocycles. The summed E-state index contributed by atoms with van der Waals surface area (Å²) in [7, 11) is 0. The molecule has 1 saturated heterocycles. The Hall–Kier alpha value is -2.71. The maximum Gasteiger partial charge on any atom is 0.272 e. The maximum atomic E-state index is 12.8. The minimum atomic E-state index is -2.66. The van der Waals surface area contributed by atoms with E-state index in [4.69, 9.17) is 4.74 Å². The van der Waals surface area contributed by atoms with Crippen molar-refractivity contribution in [2.45, 2.75) is 25.3 Å². The molecule has 1 aliphatic rings. The molecule has 3 aromatic rings. The molecular weight excluding hydrogens is 422 g/mol. The quantitative estimate of drug-likeness (QED) is 0.488. The lowest BCUT2D eigenvalue weighted by molar-refractivity contribution is 0.0825. The van der Waals surface area contributed by atoms with E-state index < -0.39 is 24.1 Å². The number of ether oxygens (including phenoxy) is 1. The van der Waals surface area contributed by atoms with Crippen LogP contribution in [0.4, 0.5) is 14.7 Å². The topological polar surface area (TPSA) is 136 Å². The van der Waals surface area contributed by atoms with Crippen LogP contribution in [0.3, 0.4) is 0 Å². The van der Waals surface area contributed by atoms with Crippen LogP contribution in [0.1, 0.15) is 12.8 Å². The number of rotatable bonds is 8. The van der Waals surface area contributed by atoms with Gasteiger partial charge in [-0.15, -0.1) is 5.10 Å². The van der Waals surface area contributed by atoms with Crippen LogP contribution in [0.15, 0.2) is 18.7 Å². The Morgan fingerprint density at radius 1 is 1.40 bits per heavy atom. The monoisotopic (exact) mass is 441 g/mol. The Bertz CT molecular complexity index is 1010. The number of nitrogens with zero attached hydrogens (tertiary/aromatic N) is 6. The number of anilines is 1. The molecule has 1 unspecified atom stereocenters. The number of halogens is 2. The van der Waals surface area contributed by atoms with Crippen LogP contribution in [0, 0.1) is 0 Å². The highest BCUT2D eigenvalue weighted by Crippen LogP contribution is 2.31. The van der Waals surface area contributed by atoms with E-state index in [1.165, 1.54) is 17.0 Å². The molecule has 162 valence electrons. The number of alkyl halides is 2. The first-order chi connectivity index (χ1) is 14.5. The van der Waals surface area contributed by atoms with E-state index in [0.29, 0.717) is 30.3 Å². The summed E-state index contributed by atoms with van der Waals surface area (Å²) in [5.41, 5.74) is 1.15. The van der Waals surface area contributed by atoms with Gasteiger partial charge in [0.05, 0.1) is 12.1 Å². The molecule has 11 nitrogen and oxygen atoms in total. The number of piperidine rings is 1. The first kappa shape index (κ1) is 20.6. The molecule has 4 heterocycles. The molecule has 0 aliphatic carbocycles. The molecule has 3 aromatic heterocycles. The summed E-state index contributed by atoms with van der Waals surface area (Å²) in [6.07, 6.45) is 3.30. The number of likely N-dealkylation sites (tertiary alicyclic amines) is 1. The lowest BCUT2D eigenvalue weighted by Crippen LogP contribution is -2.40. The average molecular weight is 441 g/mol. The number of aromatic amines is 1. The number of fused-ring (bicyclic) bond motifs is 1. The zero-order valence-electron chi connectivity index (χ0n) is 15.7. The minimum absolute atomic E-state index is 0.0205. The van der Waals surface area contributed by atoms with Crippen molar-refractivity contribution in [3.05, 3.63) is 18.7 Å². The molecule has 0 bridgehead atoms. The summed E-state index contributed by atoms with van der Waals surface area (Å²) in [4.78, 5) is 10.5. The molecule has 0 radical (unpaired) electrons. The number of nitrogens with one attached hydrogen (secondary N) is 2. The fourth-order valence-electron chi connectivity index (χ4n) is 3.30. The zero-order chi connectivity index (χ0) is 21.1. The second-order valence-corrected chi connectivity index (χ2v) is 7.65. The van der Waals surface area contributed by atoms with E-state index in [1.807, 2.05) is 4.90 Å². The van der Waals surface area contributed by atoms with E-state index in [-0.39, 0.29) is 23.3 Å². The highest BCUT2D eigenvalue weighted by atomic mass is 32.2. The minimum Gasteiger partial charge on any atom is -0.771 e. The fraction of sp³-hybridized carbons (Fsp3) is 0.500. The first-order valence-electron chi connectivity index (χ1n) is 9.20. The van der Waals surface area contributed by atoms with Gasteiger partial charge in [0.25, 0.3) is 6.43 Å². The van der Waals surface area contributed by atoms with Crippen molar-refractivity contribution in [3.63, 3.8) is 0 Å². The lowest BCUT2D eigenvalue weighted by Gasteiger charge is -2.32. The Morgan fingerprint density at radius 2 is 2.20 bits per heavy atom. The van der Waals surface area contributed by atoms with E-state index in [2.05, 4.69) is 30.6 Å². The van der Waals surface area contributed by atoms with Crippen LogP contribution >= 0.6 is 0 Å². The van der Waals surface area contributed by atoms with Crippen LogP contribution in [-0.2, 0) is 11.1 Å². The third kappa shape index (κ3) is 4.71. The lowest BCUT2D eigenvalue weighted by atomic mass is 10.1. The van der Waals surface area contributed by atoms with E-state index in [0.717, 1.165) is 12.8 Å². The van der Waals surface area contributed by atoms with Crippen LogP contribution in [0.2, 0.25) is 0 Å². The Morgan fingerprint density at radius 3 is 2.87 bits per heavy atom. The van der Waals surface area contributed by atoms with E-state index >= 15 is 0 Å². The standard InChI is InChI=1S/C16H20F2N8O3S/c17-12(18)7-29-14-13(10-5-20-21-6-10)19-8-26-15(14)23-16(24-26)22-11-1-3-25(4-2-11)9-30(27)28/h5-6,8,11-12H,1-4,7,9H2,(H,20,21)(H,22,24)(H,27,28)/p-1. The van der Waals surface area contributed by atoms with Gasteiger partial charge in [-0.2, -0.15) is 14.6 Å². The summed E-state index contributed by atoms with van der Waals surface area (Å²) in [5.74, 6) is 0.425. The van der Waals surface area contributed by atoms with Crippen LogP contribution in [0.25, 0.3) is 16.9 Å². The molecule has 30 heavy (non-hydrogen) atoms. The molecule has 2 N–H and O–H groups in total. The van der Waals surface area contributed by atoms with Crippen LogP contribution in [0.5, 0.6) is 5.75 Å².